The van der Waals surface area contributed by atoms with Crippen LogP contribution in [0, 0.1) is 6.92 Å². The third-order valence-electron chi connectivity index (χ3n) is 3.32. The van der Waals surface area contributed by atoms with Crippen molar-refractivity contribution in [2.24, 2.45) is 0 Å². The number of hydrogen-bond donors (Lipinski definition) is 0. The first-order chi connectivity index (χ1) is 11.6. The Morgan fingerprint density at radius 3 is 3.08 bits per heavy atom. The number of rotatable bonds is 3. The van der Waals surface area contributed by atoms with E-state index < -0.39 is 5.97 Å². The van der Waals surface area contributed by atoms with Crippen molar-refractivity contribution in [1.82, 2.24) is 29.0 Å². The average molecular weight is 342 g/mol. The summed E-state index contributed by atoms with van der Waals surface area (Å²) >= 11 is 1.33. The lowest BCUT2D eigenvalue weighted by atomic mass is 10.4. The van der Waals surface area contributed by atoms with Gasteiger partial charge in [0.1, 0.15) is 6.61 Å². The SMILES string of the molecule is Cc1ccnc2nc(C(=O)OCc3cc(=O)n4ccsc4n3)nn12. The van der Waals surface area contributed by atoms with Crippen LogP contribution >= 0.6 is 11.3 Å². The Kier molecular flexibility index (Phi) is 3.31. The van der Waals surface area contributed by atoms with Crippen LogP contribution in [0.15, 0.2) is 34.7 Å². The maximum atomic E-state index is 12.1. The zero-order chi connectivity index (χ0) is 16.7. The van der Waals surface area contributed by atoms with E-state index in [2.05, 4.69) is 20.1 Å². The van der Waals surface area contributed by atoms with Gasteiger partial charge in [0.05, 0.1) is 5.69 Å². The number of ether oxygens (including phenoxy) is 1. The standard InChI is InChI=1S/C14H10N6O3S/c1-8-2-3-15-13-17-11(18-20(8)13)12(22)23-7-9-6-10(21)19-4-5-24-14(19)16-9/h2-6H,7H2,1H3. The largest absolute Gasteiger partial charge is 0.453 e. The molecule has 4 rings (SSSR count). The number of hydrogen-bond acceptors (Lipinski definition) is 8. The minimum absolute atomic E-state index is 0.0919. The number of aromatic nitrogens is 6. The van der Waals surface area contributed by atoms with E-state index in [1.54, 1.807) is 23.8 Å². The number of esters is 1. The smallest absolute Gasteiger partial charge is 0.378 e. The summed E-state index contributed by atoms with van der Waals surface area (Å²) in [6.45, 7) is 1.69. The molecular formula is C14H10N6O3S. The van der Waals surface area contributed by atoms with Crippen molar-refractivity contribution in [3.8, 4) is 0 Å². The van der Waals surface area contributed by atoms with Crippen LogP contribution in [0.5, 0.6) is 0 Å². The maximum absolute atomic E-state index is 12.1. The normalized spacial score (nSPS) is 11.2. The monoisotopic (exact) mass is 342 g/mol. The predicted molar refractivity (Wildman–Crippen MR) is 84.0 cm³/mol. The summed E-state index contributed by atoms with van der Waals surface area (Å²) < 4.78 is 8.03. The third-order valence-corrected chi connectivity index (χ3v) is 4.08. The van der Waals surface area contributed by atoms with Gasteiger partial charge in [-0.2, -0.15) is 4.98 Å². The molecule has 0 spiro atoms. The van der Waals surface area contributed by atoms with Gasteiger partial charge in [0.2, 0.25) is 0 Å². The number of thiazole rings is 1. The zero-order valence-electron chi connectivity index (χ0n) is 12.4. The van der Waals surface area contributed by atoms with Crippen molar-refractivity contribution in [2.45, 2.75) is 13.5 Å². The van der Waals surface area contributed by atoms with Crippen molar-refractivity contribution < 1.29 is 9.53 Å². The fourth-order valence-corrected chi connectivity index (χ4v) is 2.90. The number of aryl methyl sites for hydroxylation is 1. The van der Waals surface area contributed by atoms with E-state index in [4.69, 9.17) is 4.74 Å². The average Bonchev–Trinajstić information content (AvgIpc) is 3.20. The van der Waals surface area contributed by atoms with Crippen molar-refractivity contribution in [3.63, 3.8) is 0 Å². The zero-order valence-corrected chi connectivity index (χ0v) is 13.2. The number of nitrogens with zero attached hydrogens (tertiary/aromatic N) is 6. The van der Waals surface area contributed by atoms with Gasteiger partial charge >= 0.3 is 5.97 Å². The number of carbonyl (C=O) groups is 1. The Morgan fingerprint density at radius 2 is 2.25 bits per heavy atom. The quantitative estimate of drug-likeness (QED) is 0.509. The van der Waals surface area contributed by atoms with E-state index in [0.717, 1.165) is 5.69 Å². The summed E-state index contributed by atoms with van der Waals surface area (Å²) in [5.74, 6) is -0.475. The van der Waals surface area contributed by atoms with Crippen LogP contribution in [-0.2, 0) is 11.3 Å². The highest BCUT2D eigenvalue weighted by molar-refractivity contribution is 7.15. The summed E-state index contributed by atoms with van der Waals surface area (Å²) in [5, 5.41) is 5.83. The van der Waals surface area contributed by atoms with Crippen LogP contribution < -0.4 is 5.56 Å². The molecule has 9 nitrogen and oxygen atoms in total. The molecule has 4 aromatic heterocycles. The minimum atomic E-state index is -0.701. The summed E-state index contributed by atoms with van der Waals surface area (Å²) in [6.07, 6.45) is 3.23. The van der Waals surface area contributed by atoms with Crippen LogP contribution in [0.2, 0.25) is 0 Å². The summed E-state index contributed by atoms with van der Waals surface area (Å²) in [4.78, 5) is 36.8. The highest BCUT2D eigenvalue weighted by atomic mass is 32.1. The van der Waals surface area contributed by atoms with Gasteiger partial charge < -0.3 is 4.74 Å². The van der Waals surface area contributed by atoms with Gasteiger partial charge in [0, 0.05) is 29.5 Å². The van der Waals surface area contributed by atoms with Crippen molar-refractivity contribution in [1.29, 1.82) is 0 Å². The topological polar surface area (TPSA) is 104 Å². The van der Waals surface area contributed by atoms with Crippen molar-refractivity contribution >= 4 is 28.0 Å². The maximum Gasteiger partial charge on any atom is 0.378 e. The van der Waals surface area contributed by atoms with E-state index in [1.165, 1.54) is 26.3 Å². The molecule has 0 unspecified atom stereocenters. The minimum Gasteiger partial charge on any atom is -0.453 e. The number of carbonyl (C=O) groups excluding carboxylic acids is 1. The second kappa shape index (κ2) is 5.49. The highest BCUT2D eigenvalue weighted by Crippen LogP contribution is 2.08. The molecule has 0 amide bonds. The molecular weight excluding hydrogens is 332 g/mol. The van der Waals surface area contributed by atoms with Crippen LogP contribution in [0.4, 0.5) is 0 Å². The van der Waals surface area contributed by atoms with Gasteiger partial charge in [-0.1, -0.05) is 0 Å². The molecule has 4 aromatic rings. The molecule has 10 heteroatoms. The predicted octanol–water partition coefficient (Wildman–Crippen LogP) is 0.859. The molecule has 120 valence electrons. The van der Waals surface area contributed by atoms with Gasteiger partial charge in [-0.3, -0.25) is 9.20 Å². The van der Waals surface area contributed by atoms with Crippen LogP contribution in [0.25, 0.3) is 10.7 Å². The Labute approximate surface area is 138 Å². The lowest BCUT2D eigenvalue weighted by molar-refractivity contribution is 0.0453. The molecule has 0 aliphatic carbocycles. The van der Waals surface area contributed by atoms with E-state index in [9.17, 15) is 9.59 Å². The Bertz CT molecular complexity index is 1130. The van der Waals surface area contributed by atoms with Crippen LogP contribution in [0.1, 0.15) is 22.0 Å². The van der Waals surface area contributed by atoms with Gasteiger partial charge in [0.25, 0.3) is 17.2 Å². The van der Waals surface area contributed by atoms with Gasteiger partial charge in [-0.05, 0) is 13.0 Å². The molecule has 0 saturated carbocycles. The first kappa shape index (κ1) is 14.5. The van der Waals surface area contributed by atoms with Crippen molar-refractivity contribution in [2.75, 3.05) is 0 Å². The molecule has 0 bridgehead atoms. The second-order valence-electron chi connectivity index (χ2n) is 4.95. The molecule has 24 heavy (non-hydrogen) atoms. The molecule has 4 heterocycles. The van der Waals surface area contributed by atoms with Gasteiger partial charge in [-0.15, -0.1) is 16.4 Å². The molecule has 0 atom stereocenters. The number of fused-ring (bicyclic) bond motifs is 2. The van der Waals surface area contributed by atoms with E-state index in [0.29, 0.717) is 16.4 Å². The molecule has 0 N–H and O–H groups in total. The van der Waals surface area contributed by atoms with Gasteiger partial charge in [-0.25, -0.2) is 19.3 Å². The lowest BCUT2D eigenvalue weighted by Gasteiger charge is -2.02. The third kappa shape index (κ3) is 2.42. The fraction of sp³-hybridized carbons (Fsp3) is 0.143. The van der Waals surface area contributed by atoms with Crippen LogP contribution in [0.3, 0.4) is 0 Å². The first-order valence-electron chi connectivity index (χ1n) is 6.93. The molecule has 0 aliphatic rings. The summed E-state index contributed by atoms with van der Waals surface area (Å²) in [5.41, 5.74) is 0.941. The van der Waals surface area contributed by atoms with Crippen molar-refractivity contribution in [3.05, 3.63) is 57.5 Å². The molecule has 0 aliphatic heterocycles. The molecule has 0 aromatic carbocycles. The fourth-order valence-electron chi connectivity index (χ4n) is 2.16. The summed E-state index contributed by atoms with van der Waals surface area (Å²) in [7, 11) is 0. The van der Waals surface area contributed by atoms with E-state index in [1.807, 2.05) is 6.92 Å². The Morgan fingerprint density at radius 1 is 1.38 bits per heavy atom. The van der Waals surface area contributed by atoms with E-state index in [-0.39, 0.29) is 18.0 Å². The van der Waals surface area contributed by atoms with Crippen LogP contribution in [-0.4, -0.2) is 34.9 Å². The Balaban J connectivity index is 1.56. The molecule has 0 radical (unpaired) electrons. The lowest BCUT2D eigenvalue weighted by Crippen LogP contribution is -2.15. The first-order valence-corrected chi connectivity index (χ1v) is 7.81. The van der Waals surface area contributed by atoms with E-state index >= 15 is 0 Å². The molecule has 0 fully saturated rings. The summed E-state index contributed by atoms with van der Waals surface area (Å²) in [6, 6.07) is 3.08. The van der Waals surface area contributed by atoms with Gasteiger partial charge in [0.15, 0.2) is 4.96 Å². The second-order valence-corrected chi connectivity index (χ2v) is 5.82. The Hall–Kier alpha value is -3.14. The highest BCUT2D eigenvalue weighted by Gasteiger charge is 2.16. The molecule has 0 saturated heterocycles.